The average Bonchev–Trinajstić information content (AvgIpc) is 2.98. The summed E-state index contributed by atoms with van der Waals surface area (Å²) in [5.41, 5.74) is -1.81. The number of nitro groups is 2. The van der Waals surface area contributed by atoms with E-state index in [0.29, 0.717) is 0 Å². The summed E-state index contributed by atoms with van der Waals surface area (Å²) in [7, 11) is 1.07. The Bertz CT molecular complexity index is 686. The molecule has 1 aromatic carbocycles. The highest BCUT2D eigenvalue weighted by molar-refractivity contribution is 5.94. The number of benzene rings is 1. The maximum atomic E-state index is 11.5. The number of methoxy groups -OCH3 is 1. The monoisotopic (exact) mass is 292 g/mol. The predicted molar refractivity (Wildman–Crippen MR) is 68.8 cm³/mol. The van der Waals surface area contributed by atoms with Gasteiger partial charge in [0, 0.05) is 12.1 Å². The summed E-state index contributed by atoms with van der Waals surface area (Å²) in [6, 6.07) is 4.62. The number of carbonyl (C=O) groups is 1. The third-order valence-electron chi connectivity index (χ3n) is 2.68. The fourth-order valence-corrected chi connectivity index (χ4v) is 1.81. The Morgan fingerprint density at radius 3 is 2.14 bits per heavy atom. The molecule has 0 aliphatic heterocycles. The number of rotatable bonds is 4. The number of furan rings is 1. The molecule has 0 saturated heterocycles. The summed E-state index contributed by atoms with van der Waals surface area (Å²) in [5.74, 6) is -0.947. The van der Waals surface area contributed by atoms with Crippen LogP contribution in [0.1, 0.15) is 10.4 Å². The zero-order chi connectivity index (χ0) is 15.6. The molecule has 9 nitrogen and oxygen atoms in total. The lowest BCUT2D eigenvalue weighted by Gasteiger charge is -2.05. The van der Waals surface area contributed by atoms with Gasteiger partial charge in [0.2, 0.25) is 0 Å². The molecule has 2 aromatic rings. The van der Waals surface area contributed by atoms with Crippen molar-refractivity contribution < 1.29 is 23.8 Å². The molecule has 0 amide bonds. The number of nitrogens with zero attached hydrogens (tertiary/aromatic N) is 2. The Labute approximate surface area is 117 Å². The Morgan fingerprint density at radius 2 is 1.76 bits per heavy atom. The Kier molecular flexibility index (Phi) is 3.65. The van der Waals surface area contributed by atoms with Gasteiger partial charge in [0.25, 0.3) is 11.4 Å². The van der Waals surface area contributed by atoms with E-state index < -0.39 is 27.2 Å². The van der Waals surface area contributed by atoms with Gasteiger partial charge in [-0.15, -0.1) is 0 Å². The molecular weight excluding hydrogens is 284 g/mol. The molecule has 1 heterocycles. The first kappa shape index (κ1) is 14.2. The van der Waals surface area contributed by atoms with E-state index in [2.05, 4.69) is 4.74 Å². The molecule has 0 atom stereocenters. The SMILES string of the molecule is COC(=O)c1cc([N+](=O)[O-])c(-c2ccco2)c([N+](=O)[O-])c1. The van der Waals surface area contributed by atoms with E-state index in [1.807, 2.05) is 0 Å². The van der Waals surface area contributed by atoms with Crippen LogP contribution in [0.2, 0.25) is 0 Å². The first-order valence-corrected chi connectivity index (χ1v) is 5.54. The van der Waals surface area contributed by atoms with Crippen LogP contribution in [0.5, 0.6) is 0 Å². The van der Waals surface area contributed by atoms with E-state index in [-0.39, 0.29) is 16.9 Å². The van der Waals surface area contributed by atoms with Crippen molar-refractivity contribution in [3.8, 4) is 11.3 Å². The van der Waals surface area contributed by atoms with Gasteiger partial charge in [-0.3, -0.25) is 20.2 Å². The van der Waals surface area contributed by atoms with E-state index in [4.69, 9.17) is 4.42 Å². The normalized spacial score (nSPS) is 10.1. The van der Waals surface area contributed by atoms with Crippen LogP contribution in [0.25, 0.3) is 11.3 Å². The molecule has 2 rings (SSSR count). The number of hydrogen-bond acceptors (Lipinski definition) is 7. The lowest BCUT2D eigenvalue weighted by atomic mass is 10.0. The largest absolute Gasteiger partial charge is 0.465 e. The fourth-order valence-electron chi connectivity index (χ4n) is 1.81. The first-order chi connectivity index (χ1) is 9.95. The molecular formula is C12H8N2O7. The highest BCUT2D eigenvalue weighted by Crippen LogP contribution is 2.39. The van der Waals surface area contributed by atoms with Crippen LogP contribution in [-0.4, -0.2) is 22.9 Å². The Balaban J connectivity index is 2.81. The summed E-state index contributed by atoms with van der Waals surface area (Å²) in [6.45, 7) is 0. The molecule has 0 saturated carbocycles. The fraction of sp³-hybridized carbons (Fsp3) is 0.0833. The smallest absolute Gasteiger partial charge is 0.338 e. The van der Waals surface area contributed by atoms with Crippen molar-refractivity contribution in [3.63, 3.8) is 0 Å². The minimum Gasteiger partial charge on any atom is -0.465 e. The molecule has 9 heteroatoms. The second-order valence-electron chi connectivity index (χ2n) is 3.87. The lowest BCUT2D eigenvalue weighted by molar-refractivity contribution is -0.392. The van der Waals surface area contributed by atoms with Gasteiger partial charge in [-0.1, -0.05) is 0 Å². The summed E-state index contributed by atoms with van der Waals surface area (Å²) >= 11 is 0. The third kappa shape index (κ3) is 2.56. The number of carbonyl (C=O) groups excluding carboxylic acids is 1. The molecule has 108 valence electrons. The lowest BCUT2D eigenvalue weighted by Crippen LogP contribution is -2.05. The van der Waals surface area contributed by atoms with Crippen LogP contribution in [0.4, 0.5) is 11.4 Å². The number of nitro benzene ring substituents is 2. The van der Waals surface area contributed by atoms with Crippen LogP contribution in [0, 0.1) is 20.2 Å². The molecule has 0 aliphatic rings. The van der Waals surface area contributed by atoms with Crippen molar-refractivity contribution in [2.45, 2.75) is 0 Å². The summed E-state index contributed by atoms with van der Waals surface area (Å²) in [6.07, 6.45) is 1.23. The molecule has 0 aliphatic carbocycles. The van der Waals surface area contributed by atoms with Gasteiger partial charge in [-0.05, 0) is 12.1 Å². The highest BCUT2D eigenvalue weighted by atomic mass is 16.6. The molecule has 0 fully saturated rings. The Morgan fingerprint density at radius 1 is 1.19 bits per heavy atom. The minimum absolute atomic E-state index is 0.0372. The Hall–Kier alpha value is -3.23. The van der Waals surface area contributed by atoms with Crippen LogP contribution in [-0.2, 0) is 4.74 Å². The van der Waals surface area contributed by atoms with Gasteiger partial charge in [0.15, 0.2) is 5.56 Å². The first-order valence-electron chi connectivity index (χ1n) is 5.54. The van der Waals surface area contributed by atoms with Gasteiger partial charge in [-0.2, -0.15) is 0 Å². The van der Waals surface area contributed by atoms with E-state index in [9.17, 15) is 25.0 Å². The number of ether oxygens (including phenoxy) is 1. The van der Waals surface area contributed by atoms with Gasteiger partial charge in [0.1, 0.15) is 5.76 Å². The quantitative estimate of drug-likeness (QED) is 0.481. The number of hydrogen-bond donors (Lipinski definition) is 0. The van der Waals surface area contributed by atoms with Crippen molar-refractivity contribution in [3.05, 3.63) is 56.3 Å². The zero-order valence-corrected chi connectivity index (χ0v) is 10.6. The number of esters is 1. The van der Waals surface area contributed by atoms with E-state index in [0.717, 1.165) is 19.2 Å². The summed E-state index contributed by atoms with van der Waals surface area (Å²) in [4.78, 5) is 32.1. The van der Waals surface area contributed by atoms with Crippen molar-refractivity contribution in [2.24, 2.45) is 0 Å². The summed E-state index contributed by atoms with van der Waals surface area (Å²) in [5, 5.41) is 22.3. The van der Waals surface area contributed by atoms with Crippen LogP contribution < -0.4 is 0 Å². The molecule has 21 heavy (non-hydrogen) atoms. The van der Waals surface area contributed by atoms with Crippen molar-refractivity contribution in [2.75, 3.05) is 7.11 Å². The van der Waals surface area contributed by atoms with Crippen molar-refractivity contribution >= 4 is 17.3 Å². The second kappa shape index (κ2) is 5.41. The maximum Gasteiger partial charge on any atom is 0.338 e. The van der Waals surface area contributed by atoms with Gasteiger partial charge < -0.3 is 9.15 Å². The molecule has 0 unspecified atom stereocenters. The van der Waals surface area contributed by atoms with Crippen molar-refractivity contribution in [1.29, 1.82) is 0 Å². The van der Waals surface area contributed by atoms with Crippen LogP contribution >= 0.6 is 0 Å². The maximum absolute atomic E-state index is 11.5. The molecule has 0 bridgehead atoms. The highest BCUT2D eigenvalue weighted by Gasteiger charge is 2.31. The minimum atomic E-state index is -0.910. The van der Waals surface area contributed by atoms with E-state index >= 15 is 0 Å². The van der Waals surface area contributed by atoms with E-state index in [1.165, 1.54) is 18.4 Å². The van der Waals surface area contributed by atoms with Gasteiger partial charge in [-0.25, -0.2) is 4.79 Å². The van der Waals surface area contributed by atoms with Crippen LogP contribution in [0.3, 0.4) is 0 Å². The van der Waals surface area contributed by atoms with E-state index in [1.54, 1.807) is 0 Å². The molecule has 0 N–H and O–H groups in total. The topological polar surface area (TPSA) is 126 Å². The average molecular weight is 292 g/mol. The second-order valence-corrected chi connectivity index (χ2v) is 3.87. The van der Waals surface area contributed by atoms with Crippen molar-refractivity contribution in [1.82, 2.24) is 0 Å². The van der Waals surface area contributed by atoms with Gasteiger partial charge in [0.05, 0.1) is 28.8 Å². The third-order valence-corrected chi connectivity index (χ3v) is 2.68. The zero-order valence-electron chi connectivity index (χ0n) is 10.6. The predicted octanol–water partition coefficient (Wildman–Crippen LogP) is 2.55. The molecule has 1 aromatic heterocycles. The van der Waals surface area contributed by atoms with Gasteiger partial charge >= 0.3 is 5.97 Å². The molecule has 0 spiro atoms. The summed E-state index contributed by atoms with van der Waals surface area (Å²) < 4.78 is 9.43. The van der Waals surface area contributed by atoms with Crippen LogP contribution in [0.15, 0.2) is 34.9 Å². The standard InChI is InChI=1S/C12H8N2O7/c1-20-12(15)7-5-8(13(16)17)11(9(6-7)14(18)19)10-3-2-4-21-10/h2-6H,1H3. The molecule has 0 radical (unpaired) electrons.